The minimum atomic E-state index is -0.324. The lowest BCUT2D eigenvalue weighted by Crippen LogP contribution is -2.33. The van der Waals surface area contributed by atoms with E-state index in [1.54, 1.807) is 6.20 Å². The van der Waals surface area contributed by atoms with Gasteiger partial charge in [0.05, 0.1) is 0 Å². The van der Waals surface area contributed by atoms with E-state index < -0.39 is 0 Å². The van der Waals surface area contributed by atoms with Crippen LogP contribution < -0.4 is 10.9 Å². The summed E-state index contributed by atoms with van der Waals surface area (Å²) >= 11 is 0. The minimum absolute atomic E-state index is 0.00606. The maximum absolute atomic E-state index is 12.0. The molecule has 0 bridgehead atoms. The maximum Gasteiger partial charge on any atom is 0.271 e. The monoisotopic (exact) mass is 270 g/mol. The number of rotatable bonds is 4. The van der Waals surface area contributed by atoms with Crippen LogP contribution >= 0.6 is 0 Å². The number of aromatic amines is 1. The van der Waals surface area contributed by atoms with Gasteiger partial charge in [-0.1, -0.05) is 6.07 Å². The fourth-order valence-electron chi connectivity index (χ4n) is 2.21. The molecule has 6 heteroatoms. The van der Waals surface area contributed by atoms with E-state index >= 15 is 0 Å². The smallest absolute Gasteiger partial charge is 0.271 e. The van der Waals surface area contributed by atoms with Gasteiger partial charge in [-0.3, -0.25) is 14.6 Å². The Morgan fingerprint density at radius 3 is 2.80 bits per heavy atom. The molecule has 102 valence electrons. The first kappa shape index (κ1) is 12.5. The van der Waals surface area contributed by atoms with Crippen LogP contribution in [0.3, 0.4) is 0 Å². The molecule has 1 aliphatic carbocycles. The number of carbonyl (C=O) groups is 1. The van der Waals surface area contributed by atoms with Crippen molar-refractivity contribution >= 4 is 5.91 Å². The fourth-order valence-corrected chi connectivity index (χ4v) is 2.21. The summed E-state index contributed by atoms with van der Waals surface area (Å²) in [6, 6.07) is 6.64. The summed E-state index contributed by atoms with van der Waals surface area (Å²) in [5.74, 6) is -0.281. The lowest BCUT2D eigenvalue weighted by Gasteiger charge is -2.15. The van der Waals surface area contributed by atoms with Crippen molar-refractivity contribution in [3.63, 3.8) is 0 Å². The molecule has 1 amide bonds. The van der Waals surface area contributed by atoms with Gasteiger partial charge in [0.2, 0.25) is 0 Å². The number of hydrogen-bond acceptors (Lipinski definition) is 4. The number of carbonyl (C=O) groups excluding carboxylic acids is 1. The number of nitrogens with one attached hydrogen (secondary N) is 2. The van der Waals surface area contributed by atoms with Gasteiger partial charge in [0.25, 0.3) is 11.5 Å². The van der Waals surface area contributed by atoms with Crippen LogP contribution in [0, 0.1) is 0 Å². The van der Waals surface area contributed by atoms with Gasteiger partial charge in [-0.05, 0) is 30.5 Å². The Morgan fingerprint density at radius 2 is 2.20 bits per heavy atom. The average Bonchev–Trinajstić information content (AvgIpc) is 3.28. The summed E-state index contributed by atoms with van der Waals surface area (Å²) in [7, 11) is 0. The topological polar surface area (TPSA) is 87.7 Å². The third kappa shape index (κ3) is 2.45. The Kier molecular flexibility index (Phi) is 3.06. The second-order valence-corrected chi connectivity index (χ2v) is 5.01. The van der Waals surface area contributed by atoms with Crippen molar-refractivity contribution in [1.29, 1.82) is 0 Å². The van der Waals surface area contributed by atoms with Crippen LogP contribution in [0.5, 0.6) is 0 Å². The standard InChI is InChI=1S/C14H14N4O2/c19-12-4-3-11(17-18-12)13(20)16-9-14(5-6-14)10-2-1-7-15-8-10/h1-4,7-8H,5-6,9H2,(H,16,20)(H,18,19). The molecule has 0 spiro atoms. The minimum Gasteiger partial charge on any atom is -0.350 e. The Balaban J connectivity index is 1.67. The Bertz CT molecular complexity index is 657. The third-order valence-corrected chi connectivity index (χ3v) is 3.63. The van der Waals surface area contributed by atoms with Gasteiger partial charge in [-0.15, -0.1) is 0 Å². The van der Waals surface area contributed by atoms with Gasteiger partial charge in [-0.25, -0.2) is 5.10 Å². The van der Waals surface area contributed by atoms with Crippen molar-refractivity contribution in [2.45, 2.75) is 18.3 Å². The predicted molar refractivity (Wildman–Crippen MR) is 72.3 cm³/mol. The fraction of sp³-hybridized carbons (Fsp3) is 0.286. The molecule has 3 rings (SSSR count). The van der Waals surface area contributed by atoms with E-state index in [-0.39, 0.29) is 22.6 Å². The third-order valence-electron chi connectivity index (χ3n) is 3.63. The molecule has 2 heterocycles. The van der Waals surface area contributed by atoms with Crippen LogP contribution in [0.2, 0.25) is 0 Å². The van der Waals surface area contributed by atoms with E-state index in [2.05, 4.69) is 20.5 Å². The van der Waals surface area contributed by atoms with Gasteiger partial charge in [0.1, 0.15) is 5.69 Å². The Morgan fingerprint density at radius 1 is 1.35 bits per heavy atom. The zero-order valence-electron chi connectivity index (χ0n) is 10.8. The normalized spacial score (nSPS) is 15.6. The van der Waals surface area contributed by atoms with Crippen molar-refractivity contribution in [1.82, 2.24) is 20.5 Å². The quantitative estimate of drug-likeness (QED) is 0.852. The number of hydrogen-bond donors (Lipinski definition) is 2. The van der Waals surface area contributed by atoms with Crippen LogP contribution in [0.25, 0.3) is 0 Å². The molecule has 0 radical (unpaired) electrons. The molecular weight excluding hydrogens is 256 g/mol. The summed E-state index contributed by atoms with van der Waals surface area (Å²) in [6.07, 6.45) is 5.66. The molecule has 0 atom stereocenters. The van der Waals surface area contributed by atoms with Gasteiger partial charge >= 0.3 is 0 Å². The molecule has 2 aromatic heterocycles. The van der Waals surface area contributed by atoms with E-state index in [9.17, 15) is 9.59 Å². The summed E-state index contributed by atoms with van der Waals surface area (Å²) in [5.41, 5.74) is 1.04. The lowest BCUT2D eigenvalue weighted by atomic mass is 9.98. The molecule has 1 saturated carbocycles. The van der Waals surface area contributed by atoms with Crippen molar-refractivity contribution in [2.24, 2.45) is 0 Å². The molecule has 20 heavy (non-hydrogen) atoms. The van der Waals surface area contributed by atoms with Gasteiger partial charge < -0.3 is 5.32 Å². The number of pyridine rings is 1. The molecular formula is C14H14N4O2. The van der Waals surface area contributed by atoms with Gasteiger partial charge in [0.15, 0.2) is 0 Å². The number of nitrogens with zero attached hydrogens (tertiary/aromatic N) is 2. The highest BCUT2D eigenvalue weighted by atomic mass is 16.2. The molecule has 6 nitrogen and oxygen atoms in total. The molecule has 2 N–H and O–H groups in total. The largest absolute Gasteiger partial charge is 0.350 e. The highest BCUT2D eigenvalue weighted by Gasteiger charge is 2.44. The number of amides is 1. The second-order valence-electron chi connectivity index (χ2n) is 5.01. The van der Waals surface area contributed by atoms with E-state index in [4.69, 9.17) is 0 Å². The maximum atomic E-state index is 12.0. The molecule has 1 fully saturated rings. The first-order chi connectivity index (χ1) is 9.70. The van der Waals surface area contributed by atoms with Crippen molar-refractivity contribution in [3.8, 4) is 0 Å². The van der Waals surface area contributed by atoms with Crippen LogP contribution in [0.4, 0.5) is 0 Å². The first-order valence-electron chi connectivity index (χ1n) is 6.44. The lowest BCUT2D eigenvalue weighted by molar-refractivity contribution is 0.0943. The SMILES string of the molecule is O=C(NCC1(c2cccnc2)CC1)c1ccc(=O)[nH]n1. The highest BCUT2D eigenvalue weighted by Crippen LogP contribution is 2.47. The van der Waals surface area contributed by atoms with E-state index in [1.807, 2.05) is 18.3 Å². The van der Waals surface area contributed by atoms with E-state index in [0.29, 0.717) is 6.54 Å². The summed E-state index contributed by atoms with van der Waals surface area (Å²) in [4.78, 5) is 27.0. The van der Waals surface area contributed by atoms with E-state index in [0.717, 1.165) is 18.4 Å². The van der Waals surface area contributed by atoms with Crippen LogP contribution in [0.1, 0.15) is 28.9 Å². The molecule has 0 aliphatic heterocycles. The van der Waals surface area contributed by atoms with Crippen molar-refractivity contribution in [2.75, 3.05) is 6.54 Å². The van der Waals surface area contributed by atoms with Crippen molar-refractivity contribution < 1.29 is 4.79 Å². The van der Waals surface area contributed by atoms with Gasteiger partial charge in [-0.2, -0.15) is 5.10 Å². The number of aromatic nitrogens is 3. The average molecular weight is 270 g/mol. The summed E-state index contributed by atoms with van der Waals surface area (Å²) < 4.78 is 0. The second kappa shape index (κ2) is 4.88. The van der Waals surface area contributed by atoms with Crippen LogP contribution in [0.15, 0.2) is 41.5 Å². The Labute approximate surface area is 115 Å². The zero-order valence-corrected chi connectivity index (χ0v) is 10.8. The molecule has 0 saturated heterocycles. The molecule has 0 aromatic carbocycles. The van der Waals surface area contributed by atoms with Crippen molar-refractivity contribution in [3.05, 3.63) is 58.3 Å². The van der Waals surface area contributed by atoms with E-state index in [1.165, 1.54) is 12.1 Å². The summed E-state index contributed by atoms with van der Waals surface area (Å²) in [5, 5.41) is 8.83. The zero-order chi connectivity index (χ0) is 14.0. The highest BCUT2D eigenvalue weighted by molar-refractivity contribution is 5.92. The van der Waals surface area contributed by atoms with Gasteiger partial charge in [0, 0.05) is 30.4 Å². The number of H-pyrrole nitrogens is 1. The molecule has 2 aromatic rings. The Hall–Kier alpha value is -2.50. The predicted octanol–water partition coefficient (Wildman–Crippen LogP) is 0.626. The van der Waals surface area contributed by atoms with Crippen LogP contribution in [-0.4, -0.2) is 27.6 Å². The van der Waals surface area contributed by atoms with Crippen LogP contribution in [-0.2, 0) is 5.41 Å². The molecule has 0 unspecified atom stereocenters. The molecule has 1 aliphatic rings. The first-order valence-corrected chi connectivity index (χ1v) is 6.44. The summed E-state index contributed by atoms with van der Waals surface area (Å²) in [6.45, 7) is 0.554.